The van der Waals surface area contributed by atoms with E-state index in [-0.39, 0.29) is 12.7 Å². The maximum Gasteiger partial charge on any atom is 0.247 e. The Hall–Kier alpha value is -1.70. The van der Waals surface area contributed by atoms with E-state index in [1.165, 1.54) is 0 Å². The number of methoxy groups -OCH3 is 2. The number of carbonyl (C=O) groups is 1. The molecule has 0 spiro atoms. The second-order valence-electron chi connectivity index (χ2n) is 5.05. The molecule has 132 valence electrons. The molecule has 1 fully saturated rings. The van der Waals surface area contributed by atoms with E-state index < -0.39 is 0 Å². The molecule has 0 atom stereocenters. The minimum absolute atomic E-state index is 0.0332. The van der Waals surface area contributed by atoms with E-state index in [1.807, 2.05) is 17.0 Å². The summed E-state index contributed by atoms with van der Waals surface area (Å²) in [6.07, 6.45) is 3.38. The number of benzene rings is 1. The van der Waals surface area contributed by atoms with Crippen LogP contribution in [0.15, 0.2) is 24.3 Å². The predicted molar refractivity (Wildman–Crippen MR) is 94.4 cm³/mol. The van der Waals surface area contributed by atoms with Gasteiger partial charge in [-0.05, 0) is 23.8 Å². The van der Waals surface area contributed by atoms with Crippen LogP contribution in [0.4, 0.5) is 0 Å². The number of rotatable bonds is 9. The van der Waals surface area contributed by atoms with Gasteiger partial charge in [0.1, 0.15) is 0 Å². The highest BCUT2D eigenvalue weighted by molar-refractivity contribution is 7.99. The lowest BCUT2D eigenvalue weighted by Crippen LogP contribution is -2.25. The van der Waals surface area contributed by atoms with E-state index in [4.69, 9.17) is 18.9 Å². The van der Waals surface area contributed by atoms with Gasteiger partial charge in [0.2, 0.25) is 5.91 Å². The highest BCUT2D eigenvalue weighted by Crippen LogP contribution is 2.28. The molecule has 1 aromatic rings. The summed E-state index contributed by atoms with van der Waals surface area (Å²) in [4.78, 5) is 13.8. The summed E-state index contributed by atoms with van der Waals surface area (Å²) in [6, 6.07) is 5.50. The van der Waals surface area contributed by atoms with E-state index in [2.05, 4.69) is 0 Å². The summed E-state index contributed by atoms with van der Waals surface area (Å²) in [5.74, 6) is 2.99. The maximum atomic E-state index is 12.0. The zero-order chi connectivity index (χ0) is 17.2. The Morgan fingerprint density at radius 3 is 2.88 bits per heavy atom. The van der Waals surface area contributed by atoms with Gasteiger partial charge >= 0.3 is 0 Å². The molecule has 1 amide bonds. The highest BCUT2D eigenvalue weighted by atomic mass is 32.2. The van der Waals surface area contributed by atoms with Crippen LogP contribution in [0.25, 0.3) is 6.08 Å². The molecule has 7 heteroatoms. The fraction of sp³-hybridized carbons (Fsp3) is 0.471. The Morgan fingerprint density at radius 1 is 1.29 bits per heavy atom. The van der Waals surface area contributed by atoms with Gasteiger partial charge in [0.25, 0.3) is 0 Å². The fourth-order valence-corrected chi connectivity index (χ4v) is 3.03. The van der Waals surface area contributed by atoms with Gasteiger partial charge in [0.05, 0.1) is 26.2 Å². The third-order valence-corrected chi connectivity index (χ3v) is 4.37. The van der Waals surface area contributed by atoms with Gasteiger partial charge in [-0.15, -0.1) is 11.8 Å². The summed E-state index contributed by atoms with van der Waals surface area (Å²) >= 11 is 1.77. The third kappa shape index (κ3) is 5.74. The molecule has 0 N–H and O–H groups in total. The molecule has 0 unspecified atom stereocenters. The highest BCUT2D eigenvalue weighted by Gasteiger charge is 2.15. The van der Waals surface area contributed by atoms with Crippen molar-refractivity contribution >= 4 is 23.7 Å². The third-order valence-electron chi connectivity index (χ3n) is 3.40. The molecule has 1 heterocycles. The second kappa shape index (κ2) is 10.2. The van der Waals surface area contributed by atoms with Gasteiger partial charge in [-0.1, -0.05) is 6.07 Å². The van der Waals surface area contributed by atoms with Crippen LogP contribution in [0, 0.1) is 0 Å². The number of amides is 1. The molecule has 1 saturated heterocycles. The smallest absolute Gasteiger partial charge is 0.247 e. The van der Waals surface area contributed by atoms with E-state index in [0.717, 1.165) is 23.7 Å². The van der Waals surface area contributed by atoms with E-state index >= 15 is 0 Å². The summed E-state index contributed by atoms with van der Waals surface area (Å²) in [7, 11) is 3.20. The van der Waals surface area contributed by atoms with Crippen LogP contribution >= 0.6 is 11.8 Å². The average molecular weight is 353 g/mol. The molecular weight excluding hydrogens is 330 g/mol. The SMILES string of the molecule is COCCOCOc1ccc(C=CC(=O)N2CCSC2)cc1OC. The topological polar surface area (TPSA) is 57.2 Å². The fourth-order valence-electron chi connectivity index (χ4n) is 2.07. The van der Waals surface area contributed by atoms with E-state index in [9.17, 15) is 4.79 Å². The molecule has 2 rings (SSSR count). The van der Waals surface area contributed by atoms with Gasteiger partial charge in [-0.2, -0.15) is 0 Å². The van der Waals surface area contributed by atoms with Crippen molar-refractivity contribution in [3.8, 4) is 11.5 Å². The second-order valence-corrected chi connectivity index (χ2v) is 6.12. The zero-order valence-electron chi connectivity index (χ0n) is 14.0. The lowest BCUT2D eigenvalue weighted by Gasteiger charge is -2.12. The molecule has 0 radical (unpaired) electrons. The molecule has 0 saturated carbocycles. The van der Waals surface area contributed by atoms with Gasteiger partial charge < -0.3 is 23.8 Å². The first-order valence-corrected chi connectivity index (χ1v) is 8.82. The van der Waals surface area contributed by atoms with Crippen molar-refractivity contribution in [1.82, 2.24) is 4.90 Å². The van der Waals surface area contributed by atoms with Crippen molar-refractivity contribution in [1.29, 1.82) is 0 Å². The number of hydrogen-bond donors (Lipinski definition) is 0. The Labute approximate surface area is 146 Å². The normalized spacial score (nSPS) is 14.3. The summed E-state index contributed by atoms with van der Waals surface area (Å²) in [5, 5.41) is 0. The van der Waals surface area contributed by atoms with Crippen molar-refractivity contribution in [2.24, 2.45) is 0 Å². The standard InChI is InChI=1S/C17H23NO5S/c1-20-8-9-22-13-23-15-5-3-14(11-16(15)21-2)4-6-17(19)18-7-10-24-12-18/h3-6,11H,7-10,12-13H2,1-2H3. The lowest BCUT2D eigenvalue weighted by molar-refractivity contribution is -0.124. The van der Waals surface area contributed by atoms with Crippen LogP contribution in [0.5, 0.6) is 11.5 Å². The van der Waals surface area contributed by atoms with Crippen molar-refractivity contribution in [3.63, 3.8) is 0 Å². The van der Waals surface area contributed by atoms with E-state index in [0.29, 0.717) is 24.7 Å². The number of thioether (sulfide) groups is 1. The minimum Gasteiger partial charge on any atom is -0.493 e. The number of ether oxygens (including phenoxy) is 4. The van der Waals surface area contributed by atoms with Crippen LogP contribution in [-0.4, -0.2) is 63.2 Å². The monoisotopic (exact) mass is 353 g/mol. The van der Waals surface area contributed by atoms with Crippen LogP contribution in [-0.2, 0) is 14.3 Å². The number of nitrogens with zero attached hydrogens (tertiary/aromatic N) is 1. The summed E-state index contributed by atoms with van der Waals surface area (Å²) in [6.45, 7) is 1.93. The summed E-state index contributed by atoms with van der Waals surface area (Å²) in [5.41, 5.74) is 0.875. The lowest BCUT2D eigenvalue weighted by atomic mass is 10.2. The van der Waals surface area contributed by atoms with Crippen molar-refractivity contribution in [3.05, 3.63) is 29.8 Å². The van der Waals surface area contributed by atoms with Crippen LogP contribution < -0.4 is 9.47 Å². The first kappa shape index (κ1) is 18.6. The zero-order valence-corrected chi connectivity index (χ0v) is 14.8. The maximum absolute atomic E-state index is 12.0. The van der Waals surface area contributed by atoms with Gasteiger partial charge in [0.15, 0.2) is 18.3 Å². The van der Waals surface area contributed by atoms with Crippen LogP contribution in [0.1, 0.15) is 5.56 Å². The molecule has 0 bridgehead atoms. The van der Waals surface area contributed by atoms with Crippen molar-refractivity contribution in [2.45, 2.75) is 0 Å². The molecule has 1 aliphatic rings. The molecule has 1 aromatic carbocycles. The Balaban J connectivity index is 1.91. The van der Waals surface area contributed by atoms with Crippen LogP contribution in [0.3, 0.4) is 0 Å². The first-order chi connectivity index (χ1) is 11.7. The van der Waals surface area contributed by atoms with E-state index in [1.54, 1.807) is 44.2 Å². The minimum atomic E-state index is 0.0332. The predicted octanol–water partition coefficient (Wildman–Crippen LogP) is 2.24. The van der Waals surface area contributed by atoms with Gasteiger partial charge in [-0.3, -0.25) is 4.79 Å². The van der Waals surface area contributed by atoms with Gasteiger partial charge in [0, 0.05) is 25.5 Å². The molecule has 24 heavy (non-hydrogen) atoms. The molecule has 0 aromatic heterocycles. The Kier molecular flexibility index (Phi) is 7.94. The first-order valence-electron chi connectivity index (χ1n) is 7.67. The van der Waals surface area contributed by atoms with Crippen molar-refractivity contribution in [2.75, 3.05) is 52.4 Å². The largest absolute Gasteiger partial charge is 0.493 e. The molecular formula is C17H23NO5S. The van der Waals surface area contributed by atoms with Crippen molar-refractivity contribution < 1.29 is 23.7 Å². The molecule has 0 aliphatic carbocycles. The number of hydrogen-bond acceptors (Lipinski definition) is 6. The molecule has 1 aliphatic heterocycles. The average Bonchev–Trinajstić information content (AvgIpc) is 3.14. The summed E-state index contributed by atoms with van der Waals surface area (Å²) < 4.78 is 21.0. The molecule has 6 nitrogen and oxygen atoms in total. The Morgan fingerprint density at radius 2 is 2.17 bits per heavy atom. The Bertz CT molecular complexity index is 558. The number of carbonyl (C=O) groups excluding carboxylic acids is 1. The van der Waals surface area contributed by atoms with Crippen LogP contribution in [0.2, 0.25) is 0 Å². The van der Waals surface area contributed by atoms with Gasteiger partial charge in [-0.25, -0.2) is 0 Å². The quantitative estimate of drug-likeness (QED) is 0.386.